The average Bonchev–Trinajstić information content (AvgIpc) is 3.10. The normalized spacial score (nSPS) is 18.8. The number of carboxylic acid groups (broad SMARTS) is 1. The average molecular weight is 479 g/mol. The fourth-order valence-corrected chi connectivity index (χ4v) is 5.36. The fraction of sp³-hybridized carbons (Fsp3) is 0.409. The molecule has 2 atom stereocenters. The van der Waals surface area contributed by atoms with E-state index >= 15 is 0 Å². The molecule has 0 bridgehead atoms. The number of urea groups is 1. The molecule has 0 spiro atoms. The van der Waals surface area contributed by atoms with Crippen molar-refractivity contribution >= 4 is 46.7 Å². The summed E-state index contributed by atoms with van der Waals surface area (Å²) in [4.78, 5) is 39.1. The van der Waals surface area contributed by atoms with Crippen LogP contribution in [0.25, 0.3) is 10.4 Å². The van der Waals surface area contributed by atoms with Crippen LogP contribution in [0, 0.1) is 5.41 Å². The van der Waals surface area contributed by atoms with E-state index in [1.54, 1.807) is 18.2 Å². The summed E-state index contributed by atoms with van der Waals surface area (Å²) in [6, 6.07) is 7.30. The topological polar surface area (TPSA) is 125 Å². The van der Waals surface area contributed by atoms with E-state index in [4.69, 9.17) is 17.3 Å². The van der Waals surface area contributed by atoms with Crippen molar-refractivity contribution in [3.05, 3.63) is 40.2 Å². The van der Waals surface area contributed by atoms with Crippen molar-refractivity contribution in [2.75, 3.05) is 11.9 Å². The molecule has 4 amide bonds. The van der Waals surface area contributed by atoms with E-state index in [0.29, 0.717) is 35.0 Å². The van der Waals surface area contributed by atoms with Gasteiger partial charge in [0, 0.05) is 16.4 Å². The van der Waals surface area contributed by atoms with Gasteiger partial charge in [-0.2, -0.15) is 0 Å². The maximum Gasteiger partial charge on any atom is 0.407 e. The molecule has 1 aromatic carbocycles. The van der Waals surface area contributed by atoms with Crippen LogP contribution in [0.15, 0.2) is 30.3 Å². The van der Waals surface area contributed by atoms with Gasteiger partial charge in [-0.3, -0.25) is 4.79 Å². The molecule has 10 heteroatoms. The Morgan fingerprint density at radius 1 is 1.22 bits per heavy atom. The number of thiophene rings is 1. The summed E-state index contributed by atoms with van der Waals surface area (Å²) in [5, 5.41) is 15.8. The standard InChI is InChI=1S/C22H27ClN4O4S/c1-22(2,3)18-14(5-4-10-27(18)21(30)31)25-19(28)17-15(26-20(24)29)11-16(32-17)12-6-8-13(23)9-7-12/h6-9,11,14,18H,4-5,10H2,1-3H3,(H,25,28)(H,30,31)(H3,24,26,29)/t14-,18?/m0/s1. The second-order valence-corrected chi connectivity index (χ2v) is 10.3. The second kappa shape index (κ2) is 9.38. The minimum absolute atomic E-state index is 0.300. The second-order valence-electron chi connectivity index (χ2n) is 8.86. The van der Waals surface area contributed by atoms with Crippen LogP contribution in [0.4, 0.5) is 15.3 Å². The van der Waals surface area contributed by atoms with Crippen molar-refractivity contribution in [1.82, 2.24) is 10.2 Å². The lowest BCUT2D eigenvalue weighted by atomic mass is 9.77. The Bertz CT molecular complexity index is 1020. The van der Waals surface area contributed by atoms with Gasteiger partial charge in [0.1, 0.15) is 4.88 Å². The summed E-state index contributed by atoms with van der Waals surface area (Å²) < 4.78 is 0. The van der Waals surface area contributed by atoms with Gasteiger partial charge in [-0.25, -0.2) is 9.59 Å². The molecule has 0 aliphatic carbocycles. The molecular formula is C22H27ClN4O4S. The Morgan fingerprint density at radius 3 is 2.44 bits per heavy atom. The van der Waals surface area contributed by atoms with Gasteiger partial charge in [0.2, 0.25) is 0 Å². The number of nitrogens with one attached hydrogen (secondary N) is 2. The first-order valence-electron chi connectivity index (χ1n) is 10.2. The number of nitrogens with zero attached hydrogens (tertiary/aromatic N) is 1. The van der Waals surface area contributed by atoms with E-state index in [2.05, 4.69) is 10.6 Å². The smallest absolute Gasteiger partial charge is 0.407 e. The number of hydrogen-bond donors (Lipinski definition) is 4. The number of carbonyl (C=O) groups is 3. The summed E-state index contributed by atoms with van der Waals surface area (Å²) in [5.74, 6) is -0.384. The zero-order valence-electron chi connectivity index (χ0n) is 18.1. The molecule has 1 aromatic heterocycles. The number of likely N-dealkylation sites (tertiary alicyclic amines) is 1. The third kappa shape index (κ3) is 5.34. The lowest BCUT2D eigenvalue weighted by molar-refractivity contribution is 0.0359. The number of hydrogen-bond acceptors (Lipinski definition) is 4. The number of benzene rings is 1. The Kier molecular flexibility index (Phi) is 7.00. The van der Waals surface area contributed by atoms with E-state index in [-0.39, 0.29) is 23.4 Å². The van der Waals surface area contributed by atoms with Crippen molar-refractivity contribution in [3.8, 4) is 10.4 Å². The number of halogens is 1. The van der Waals surface area contributed by atoms with E-state index in [9.17, 15) is 19.5 Å². The van der Waals surface area contributed by atoms with Gasteiger partial charge in [0.05, 0.1) is 17.8 Å². The van der Waals surface area contributed by atoms with Gasteiger partial charge in [0.25, 0.3) is 5.91 Å². The predicted molar refractivity (Wildman–Crippen MR) is 126 cm³/mol. The first kappa shape index (κ1) is 23.9. The minimum atomic E-state index is -0.999. The van der Waals surface area contributed by atoms with E-state index in [1.807, 2.05) is 32.9 Å². The Hall–Kier alpha value is -2.78. The molecule has 1 aliphatic heterocycles. The maximum absolute atomic E-state index is 13.3. The molecule has 3 rings (SSSR count). The number of rotatable bonds is 4. The molecule has 0 radical (unpaired) electrons. The molecular weight excluding hydrogens is 452 g/mol. The zero-order chi connectivity index (χ0) is 23.6. The van der Waals surface area contributed by atoms with Crippen LogP contribution in [0.2, 0.25) is 5.02 Å². The number of amides is 4. The molecule has 1 fully saturated rings. The quantitative estimate of drug-likeness (QED) is 0.501. The summed E-state index contributed by atoms with van der Waals surface area (Å²) >= 11 is 7.19. The predicted octanol–water partition coefficient (Wildman–Crippen LogP) is 4.85. The van der Waals surface area contributed by atoms with Gasteiger partial charge >= 0.3 is 12.1 Å². The monoisotopic (exact) mass is 478 g/mol. The van der Waals surface area contributed by atoms with Gasteiger partial charge < -0.3 is 26.4 Å². The van der Waals surface area contributed by atoms with Crippen molar-refractivity contribution in [2.45, 2.75) is 45.7 Å². The van der Waals surface area contributed by atoms with Crippen LogP contribution in [0.1, 0.15) is 43.3 Å². The van der Waals surface area contributed by atoms with E-state index in [1.165, 1.54) is 16.2 Å². The largest absolute Gasteiger partial charge is 0.465 e. The molecule has 32 heavy (non-hydrogen) atoms. The van der Waals surface area contributed by atoms with Gasteiger partial charge in [-0.1, -0.05) is 44.5 Å². The molecule has 2 aromatic rings. The summed E-state index contributed by atoms with van der Waals surface area (Å²) in [5.41, 5.74) is 6.08. The number of primary amides is 1. The van der Waals surface area contributed by atoms with Crippen molar-refractivity contribution in [1.29, 1.82) is 0 Å². The Balaban J connectivity index is 1.92. The van der Waals surface area contributed by atoms with Crippen LogP contribution in [-0.4, -0.2) is 46.7 Å². The lowest BCUT2D eigenvalue weighted by Gasteiger charge is -2.46. The molecule has 1 aliphatic rings. The summed E-state index contributed by atoms with van der Waals surface area (Å²) in [6.07, 6.45) is 0.309. The molecule has 1 saturated heterocycles. The highest BCUT2D eigenvalue weighted by atomic mass is 35.5. The third-order valence-corrected chi connectivity index (χ3v) is 6.84. The van der Waals surface area contributed by atoms with E-state index < -0.39 is 12.1 Å². The Morgan fingerprint density at radius 2 is 1.88 bits per heavy atom. The van der Waals surface area contributed by atoms with Crippen LogP contribution in [-0.2, 0) is 0 Å². The highest BCUT2D eigenvalue weighted by molar-refractivity contribution is 7.18. The van der Waals surface area contributed by atoms with Crippen molar-refractivity contribution < 1.29 is 19.5 Å². The third-order valence-electron chi connectivity index (χ3n) is 5.41. The highest BCUT2D eigenvalue weighted by Gasteiger charge is 2.42. The number of anilines is 1. The SMILES string of the molecule is CC(C)(C)C1[C@@H](NC(=O)c2sc(-c3ccc(Cl)cc3)cc2NC(N)=O)CCCN1C(=O)O. The molecule has 8 nitrogen and oxygen atoms in total. The highest BCUT2D eigenvalue weighted by Crippen LogP contribution is 2.37. The minimum Gasteiger partial charge on any atom is -0.465 e. The Labute approximate surface area is 195 Å². The summed E-state index contributed by atoms with van der Waals surface area (Å²) in [7, 11) is 0. The molecule has 172 valence electrons. The lowest BCUT2D eigenvalue weighted by Crippen LogP contribution is -2.61. The van der Waals surface area contributed by atoms with Crippen LogP contribution in [0.5, 0.6) is 0 Å². The van der Waals surface area contributed by atoms with Gasteiger partial charge in [-0.05, 0) is 42.0 Å². The first-order chi connectivity index (χ1) is 15.0. The number of carbonyl (C=O) groups excluding carboxylic acids is 2. The first-order valence-corrected chi connectivity index (χ1v) is 11.4. The fourth-order valence-electron chi connectivity index (χ4n) is 4.21. The van der Waals surface area contributed by atoms with Crippen LogP contribution < -0.4 is 16.4 Å². The number of nitrogens with two attached hydrogens (primary N) is 1. The molecule has 2 heterocycles. The zero-order valence-corrected chi connectivity index (χ0v) is 19.7. The molecule has 0 saturated carbocycles. The maximum atomic E-state index is 13.3. The van der Waals surface area contributed by atoms with Crippen LogP contribution >= 0.6 is 22.9 Å². The number of piperidine rings is 1. The van der Waals surface area contributed by atoms with Crippen molar-refractivity contribution in [2.24, 2.45) is 11.1 Å². The van der Waals surface area contributed by atoms with Crippen molar-refractivity contribution in [3.63, 3.8) is 0 Å². The van der Waals surface area contributed by atoms with Gasteiger partial charge in [0.15, 0.2) is 0 Å². The molecule has 1 unspecified atom stereocenters. The van der Waals surface area contributed by atoms with Gasteiger partial charge in [-0.15, -0.1) is 11.3 Å². The molecule has 5 N–H and O–H groups in total. The van der Waals surface area contributed by atoms with E-state index in [0.717, 1.165) is 10.4 Å². The van der Waals surface area contributed by atoms with Crippen LogP contribution in [0.3, 0.4) is 0 Å². The summed E-state index contributed by atoms with van der Waals surface area (Å²) in [6.45, 7) is 6.31.